The Bertz CT molecular complexity index is 525. The van der Waals surface area contributed by atoms with E-state index >= 15 is 0 Å². The molecule has 0 aromatic heterocycles. The highest BCUT2D eigenvalue weighted by molar-refractivity contribution is 5.89. The summed E-state index contributed by atoms with van der Waals surface area (Å²) < 4.78 is 0. The van der Waals surface area contributed by atoms with Crippen LogP contribution in [0.1, 0.15) is 46.6 Å². The number of benzene rings is 1. The summed E-state index contributed by atoms with van der Waals surface area (Å²) in [5.41, 5.74) is 1.86. The molecular formula is C18H31N5O. The summed E-state index contributed by atoms with van der Waals surface area (Å²) in [6.45, 7) is 11.6. The van der Waals surface area contributed by atoms with Crippen molar-refractivity contribution in [3.8, 4) is 0 Å². The topological polar surface area (TPSA) is 77.5 Å². The third-order valence-corrected chi connectivity index (χ3v) is 3.39. The number of nitrogens with one attached hydrogen (secondary N) is 4. The fourth-order valence-electron chi connectivity index (χ4n) is 1.95. The van der Waals surface area contributed by atoms with Gasteiger partial charge in [0.05, 0.1) is 6.54 Å². The molecule has 4 N–H and O–H groups in total. The van der Waals surface area contributed by atoms with E-state index in [0.717, 1.165) is 30.2 Å². The quantitative estimate of drug-likeness (QED) is 0.457. The lowest BCUT2D eigenvalue weighted by Crippen LogP contribution is -2.41. The van der Waals surface area contributed by atoms with Gasteiger partial charge in [-0.05, 0) is 51.8 Å². The maximum atomic E-state index is 11.7. The van der Waals surface area contributed by atoms with Crippen LogP contribution in [0.15, 0.2) is 29.3 Å². The number of hydrogen-bond donors (Lipinski definition) is 4. The Morgan fingerprint density at radius 3 is 2.29 bits per heavy atom. The molecule has 24 heavy (non-hydrogen) atoms. The van der Waals surface area contributed by atoms with E-state index in [4.69, 9.17) is 0 Å². The first-order valence-corrected chi connectivity index (χ1v) is 8.65. The van der Waals surface area contributed by atoms with E-state index in [1.807, 2.05) is 38.1 Å². The van der Waals surface area contributed by atoms with Gasteiger partial charge in [0.15, 0.2) is 5.96 Å². The van der Waals surface area contributed by atoms with Crippen molar-refractivity contribution < 1.29 is 4.79 Å². The number of rotatable bonds is 7. The van der Waals surface area contributed by atoms with Crippen LogP contribution in [0.3, 0.4) is 0 Å². The van der Waals surface area contributed by atoms with Gasteiger partial charge in [-0.15, -0.1) is 0 Å². The number of carbonyl (C=O) groups is 1. The number of carbonyl (C=O) groups excluding carboxylic acids is 1. The summed E-state index contributed by atoms with van der Waals surface area (Å²) in [5, 5.41) is 12.2. The van der Waals surface area contributed by atoms with Crippen LogP contribution in [0.4, 0.5) is 10.5 Å². The highest BCUT2D eigenvalue weighted by Crippen LogP contribution is 2.10. The van der Waals surface area contributed by atoms with Gasteiger partial charge < -0.3 is 21.3 Å². The van der Waals surface area contributed by atoms with E-state index in [0.29, 0.717) is 12.6 Å². The van der Waals surface area contributed by atoms with Gasteiger partial charge in [0.25, 0.3) is 0 Å². The number of urea groups is 1. The standard InChI is InChI=1S/C18H31N5O/c1-6-14(5)22-17(19-7-2)20-12-15-8-10-16(11-9-15)23-18(24)21-13(3)4/h8-11,13-14H,6-7,12H2,1-5H3,(H2,19,20,22)(H2,21,23,24). The summed E-state index contributed by atoms with van der Waals surface area (Å²) in [6, 6.07) is 8.03. The fraction of sp³-hybridized carbons (Fsp3) is 0.556. The molecule has 0 saturated heterocycles. The summed E-state index contributed by atoms with van der Waals surface area (Å²) >= 11 is 0. The first-order valence-electron chi connectivity index (χ1n) is 8.65. The highest BCUT2D eigenvalue weighted by Gasteiger charge is 2.04. The predicted octanol–water partition coefficient (Wildman–Crippen LogP) is 3.07. The molecule has 1 atom stereocenters. The van der Waals surface area contributed by atoms with Gasteiger partial charge in [0.1, 0.15) is 0 Å². The van der Waals surface area contributed by atoms with E-state index in [9.17, 15) is 4.79 Å². The van der Waals surface area contributed by atoms with Crippen molar-refractivity contribution in [3.63, 3.8) is 0 Å². The molecule has 1 unspecified atom stereocenters. The lowest BCUT2D eigenvalue weighted by molar-refractivity contribution is 0.250. The molecule has 0 aliphatic heterocycles. The molecular weight excluding hydrogens is 302 g/mol. The van der Waals surface area contributed by atoms with Crippen LogP contribution in [0.2, 0.25) is 0 Å². The summed E-state index contributed by atoms with van der Waals surface area (Å²) in [4.78, 5) is 16.3. The van der Waals surface area contributed by atoms with E-state index in [1.165, 1.54) is 0 Å². The maximum Gasteiger partial charge on any atom is 0.319 e. The molecule has 0 fully saturated rings. The fourth-order valence-corrected chi connectivity index (χ4v) is 1.95. The number of amides is 2. The summed E-state index contributed by atoms with van der Waals surface area (Å²) in [5.74, 6) is 0.824. The number of anilines is 1. The smallest absolute Gasteiger partial charge is 0.319 e. The van der Waals surface area contributed by atoms with Crippen molar-refractivity contribution in [2.24, 2.45) is 4.99 Å². The molecule has 0 radical (unpaired) electrons. The molecule has 1 rings (SSSR count). The molecule has 1 aromatic carbocycles. The van der Waals surface area contributed by atoms with Crippen molar-refractivity contribution in [1.29, 1.82) is 0 Å². The van der Waals surface area contributed by atoms with Crippen molar-refractivity contribution in [2.45, 2.75) is 59.7 Å². The van der Waals surface area contributed by atoms with Crippen molar-refractivity contribution in [3.05, 3.63) is 29.8 Å². The van der Waals surface area contributed by atoms with E-state index in [-0.39, 0.29) is 12.1 Å². The zero-order chi connectivity index (χ0) is 17.9. The average Bonchev–Trinajstić information content (AvgIpc) is 2.53. The third kappa shape index (κ3) is 7.85. The van der Waals surface area contributed by atoms with E-state index in [1.54, 1.807) is 0 Å². The predicted molar refractivity (Wildman–Crippen MR) is 101 cm³/mol. The van der Waals surface area contributed by atoms with Gasteiger partial charge in [0, 0.05) is 24.3 Å². The maximum absolute atomic E-state index is 11.7. The molecule has 1 aromatic rings. The Kier molecular flexibility index (Phi) is 8.68. The Morgan fingerprint density at radius 1 is 1.08 bits per heavy atom. The minimum absolute atomic E-state index is 0.112. The largest absolute Gasteiger partial charge is 0.357 e. The van der Waals surface area contributed by atoms with Crippen LogP contribution in [-0.4, -0.2) is 30.6 Å². The monoisotopic (exact) mass is 333 g/mol. The van der Waals surface area contributed by atoms with Crippen LogP contribution in [0.25, 0.3) is 0 Å². The molecule has 0 aliphatic rings. The van der Waals surface area contributed by atoms with Crippen LogP contribution in [-0.2, 0) is 6.54 Å². The molecule has 6 nitrogen and oxygen atoms in total. The number of hydrogen-bond acceptors (Lipinski definition) is 2. The number of guanidine groups is 1. The summed E-state index contributed by atoms with van der Waals surface area (Å²) in [6.07, 6.45) is 1.04. The Morgan fingerprint density at radius 2 is 1.75 bits per heavy atom. The van der Waals surface area contributed by atoms with Gasteiger partial charge in [0.2, 0.25) is 0 Å². The third-order valence-electron chi connectivity index (χ3n) is 3.39. The Labute approximate surface area is 145 Å². The minimum Gasteiger partial charge on any atom is -0.357 e. The second-order valence-electron chi connectivity index (χ2n) is 6.10. The summed E-state index contributed by atoms with van der Waals surface area (Å²) in [7, 11) is 0. The zero-order valence-corrected chi connectivity index (χ0v) is 15.4. The van der Waals surface area contributed by atoms with Gasteiger partial charge in [-0.25, -0.2) is 9.79 Å². The van der Waals surface area contributed by atoms with E-state index in [2.05, 4.69) is 47.0 Å². The van der Waals surface area contributed by atoms with Crippen molar-refractivity contribution in [1.82, 2.24) is 16.0 Å². The van der Waals surface area contributed by atoms with Gasteiger partial charge in [-0.2, -0.15) is 0 Å². The molecule has 0 saturated carbocycles. The lowest BCUT2D eigenvalue weighted by Gasteiger charge is -2.16. The zero-order valence-electron chi connectivity index (χ0n) is 15.4. The first-order chi connectivity index (χ1) is 11.4. The highest BCUT2D eigenvalue weighted by atomic mass is 16.2. The molecule has 0 spiro atoms. The van der Waals surface area contributed by atoms with Crippen LogP contribution >= 0.6 is 0 Å². The van der Waals surface area contributed by atoms with Crippen LogP contribution in [0.5, 0.6) is 0 Å². The Balaban J connectivity index is 2.61. The number of nitrogens with zero attached hydrogens (tertiary/aromatic N) is 1. The molecule has 6 heteroatoms. The first kappa shape index (κ1) is 19.8. The molecule has 0 aliphatic carbocycles. The van der Waals surface area contributed by atoms with Gasteiger partial charge in [-0.3, -0.25) is 0 Å². The molecule has 134 valence electrons. The minimum atomic E-state index is -0.192. The van der Waals surface area contributed by atoms with Crippen molar-refractivity contribution >= 4 is 17.7 Å². The second kappa shape index (κ2) is 10.5. The molecule has 2 amide bonds. The van der Waals surface area contributed by atoms with Gasteiger partial charge in [-0.1, -0.05) is 19.1 Å². The van der Waals surface area contributed by atoms with E-state index < -0.39 is 0 Å². The number of aliphatic imine (C=N–C) groups is 1. The second-order valence-corrected chi connectivity index (χ2v) is 6.10. The Hall–Kier alpha value is -2.24. The molecule has 0 bridgehead atoms. The van der Waals surface area contributed by atoms with Crippen LogP contribution < -0.4 is 21.3 Å². The average molecular weight is 333 g/mol. The lowest BCUT2D eigenvalue weighted by atomic mass is 10.2. The molecule has 0 heterocycles. The van der Waals surface area contributed by atoms with Crippen molar-refractivity contribution in [2.75, 3.05) is 11.9 Å². The normalized spacial score (nSPS) is 12.7. The SMILES string of the molecule is CCNC(=NCc1ccc(NC(=O)NC(C)C)cc1)NC(C)CC. The van der Waals surface area contributed by atoms with Crippen LogP contribution in [0, 0.1) is 0 Å². The van der Waals surface area contributed by atoms with Gasteiger partial charge >= 0.3 is 6.03 Å².